The second-order valence-electron chi connectivity index (χ2n) is 6.08. The SMILES string of the molecule is CCCCCn1c(=O)c2ccccc2n2c(SCc3nnsc3Cl)nnc12. The lowest BCUT2D eigenvalue weighted by Gasteiger charge is -2.11. The van der Waals surface area contributed by atoms with Crippen LogP contribution < -0.4 is 5.56 Å². The van der Waals surface area contributed by atoms with E-state index in [-0.39, 0.29) is 5.56 Å². The van der Waals surface area contributed by atoms with Gasteiger partial charge in [-0.1, -0.05) is 59.7 Å². The first kappa shape index (κ1) is 18.4. The molecule has 0 saturated heterocycles. The standard InChI is InChI=1S/C17H17ClN6OS2/c1-2-3-6-9-23-15(25)11-7-4-5-8-13(11)24-16(23)20-21-17(24)26-10-12-14(18)27-22-19-12/h4-5,7-8H,2-3,6,9-10H2,1H3. The molecule has 0 amide bonds. The summed E-state index contributed by atoms with van der Waals surface area (Å²) in [5, 5.41) is 14.1. The molecule has 140 valence electrons. The van der Waals surface area contributed by atoms with Crippen molar-refractivity contribution < 1.29 is 0 Å². The fourth-order valence-electron chi connectivity index (χ4n) is 2.96. The maximum Gasteiger partial charge on any atom is 0.262 e. The van der Waals surface area contributed by atoms with Crippen LogP contribution in [-0.2, 0) is 12.3 Å². The second kappa shape index (κ2) is 7.95. The van der Waals surface area contributed by atoms with Crippen LogP contribution in [0.25, 0.3) is 16.7 Å². The van der Waals surface area contributed by atoms with E-state index in [0.717, 1.165) is 30.5 Å². The highest BCUT2D eigenvalue weighted by atomic mass is 35.5. The molecule has 0 unspecified atom stereocenters. The van der Waals surface area contributed by atoms with Gasteiger partial charge in [0.2, 0.25) is 5.78 Å². The lowest BCUT2D eigenvalue weighted by atomic mass is 10.2. The smallest absolute Gasteiger partial charge is 0.262 e. The van der Waals surface area contributed by atoms with Gasteiger partial charge in [-0.05, 0) is 18.6 Å². The first-order valence-corrected chi connectivity index (χ1v) is 10.8. The lowest BCUT2D eigenvalue weighted by molar-refractivity contribution is 0.594. The molecule has 0 saturated carbocycles. The zero-order valence-electron chi connectivity index (χ0n) is 14.6. The van der Waals surface area contributed by atoms with Crippen molar-refractivity contribution in [1.29, 1.82) is 0 Å². The van der Waals surface area contributed by atoms with Gasteiger partial charge in [0.25, 0.3) is 5.56 Å². The van der Waals surface area contributed by atoms with Crippen LogP contribution in [-0.4, -0.2) is 28.8 Å². The molecular formula is C17H17ClN6OS2. The summed E-state index contributed by atoms with van der Waals surface area (Å²) >= 11 is 8.75. The number of rotatable bonds is 7. The molecule has 3 aromatic heterocycles. The zero-order chi connectivity index (χ0) is 18.8. The average Bonchev–Trinajstić information content (AvgIpc) is 3.29. The van der Waals surface area contributed by atoms with E-state index in [1.165, 1.54) is 23.3 Å². The molecule has 4 aromatic rings. The largest absolute Gasteiger partial charge is 0.276 e. The number of thioether (sulfide) groups is 1. The Morgan fingerprint density at radius 3 is 2.81 bits per heavy atom. The lowest BCUT2D eigenvalue weighted by Crippen LogP contribution is -2.23. The number of benzene rings is 1. The number of aromatic nitrogens is 6. The maximum atomic E-state index is 13.0. The first-order valence-electron chi connectivity index (χ1n) is 8.67. The molecule has 0 atom stereocenters. The molecule has 3 heterocycles. The zero-order valence-corrected chi connectivity index (χ0v) is 17.0. The molecule has 0 fully saturated rings. The number of unbranched alkanes of at least 4 members (excludes halogenated alkanes) is 2. The first-order chi connectivity index (χ1) is 13.2. The molecule has 0 aliphatic rings. The van der Waals surface area contributed by atoms with Crippen LogP contribution in [0.2, 0.25) is 4.34 Å². The van der Waals surface area contributed by atoms with Crippen LogP contribution in [0.15, 0.2) is 34.2 Å². The third-order valence-corrected chi connectivity index (χ3v) is 6.24. The van der Waals surface area contributed by atoms with Crippen LogP contribution in [0.5, 0.6) is 0 Å². The molecule has 27 heavy (non-hydrogen) atoms. The molecule has 0 bridgehead atoms. The Bertz CT molecular complexity index is 1150. The molecule has 10 heteroatoms. The van der Waals surface area contributed by atoms with Crippen molar-refractivity contribution in [3.05, 3.63) is 44.6 Å². The van der Waals surface area contributed by atoms with E-state index in [1.54, 1.807) is 4.57 Å². The van der Waals surface area contributed by atoms with Crippen LogP contribution in [0.4, 0.5) is 0 Å². The van der Waals surface area contributed by atoms with Crippen LogP contribution in [0.1, 0.15) is 31.9 Å². The fourth-order valence-corrected chi connectivity index (χ4v) is 4.64. The van der Waals surface area contributed by atoms with Gasteiger partial charge in [-0.2, -0.15) is 0 Å². The summed E-state index contributed by atoms with van der Waals surface area (Å²) in [4.78, 5) is 13.0. The number of halogens is 1. The van der Waals surface area contributed by atoms with Gasteiger partial charge in [0, 0.05) is 23.8 Å². The van der Waals surface area contributed by atoms with E-state index >= 15 is 0 Å². The Morgan fingerprint density at radius 1 is 1.19 bits per heavy atom. The van der Waals surface area contributed by atoms with Gasteiger partial charge in [-0.15, -0.1) is 15.3 Å². The van der Waals surface area contributed by atoms with E-state index in [0.29, 0.717) is 33.0 Å². The highest BCUT2D eigenvalue weighted by Gasteiger charge is 2.17. The highest BCUT2D eigenvalue weighted by Crippen LogP contribution is 2.27. The van der Waals surface area contributed by atoms with Gasteiger partial charge >= 0.3 is 0 Å². The van der Waals surface area contributed by atoms with Gasteiger partial charge in [0.15, 0.2) is 5.16 Å². The Kier molecular flexibility index (Phi) is 5.42. The molecule has 0 aliphatic heterocycles. The third kappa shape index (κ3) is 3.46. The molecule has 0 radical (unpaired) electrons. The van der Waals surface area contributed by atoms with Crippen molar-refractivity contribution in [2.45, 2.75) is 43.6 Å². The van der Waals surface area contributed by atoms with E-state index < -0.39 is 0 Å². The predicted molar refractivity (Wildman–Crippen MR) is 109 cm³/mol. The molecule has 7 nitrogen and oxygen atoms in total. The summed E-state index contributed by atoms with van der Waals surface area (Å²) in [6.07, 6.45) is 3.09. The Hall–Kier alpha value is -1.97. The summed E-state index contributed by atoms with van der Waals surface area (Å²) < 4.78 is 8.11. The third-order valence-electron chi connectivity index (χ3n) is 4.31. The molecule has 0 N–H and O–H groups in total. The monoisotopic (exact) mass is 420 g/mol. The van der Waals surface area contributed by atoms with Gasteiger partial charge in [-0.25, -0.2) is 0 Å². The van der Waals surface area contributed by atoms with E-state index in [4.69, 9.17) is 11.6 Å². The second-order valence-corrected chi connectivity index (χ2v) is 8.38. The molecule has 0 spiro atoms. The van der Waals surface area contributed by atoms with Gasteiger partial charge in [-0.3, -0.25) is 13.8 Å². The minimum atomic E-state index is -0.0232. The quantitative estimate of drug-likeness (QED) is 0.332. The van der Waals surface area contributed by atoms with Crippen molar-refractivity contribution in [3.8, 4) is 0 Å². The van der Waals surface area contributed by atoms with E-state index in [1.807, 2.05) is 28.7 Å². The maximum absolute atomic E-state index is 13.0. The van der Waals surface area contributed by atoms with Gasteiger partial charge in [0.05, 0.1) is 10.9 Å². The average molecular weight is 421 g/mol. The Morgan fingerprint density at radius 2 is 2.04 bits per heavy atom. The highest BCUT2D eigenvalue weighted by molar-refractivity contribution is 7.98. The van der Waals surface area contributed by atoms with Crippen LogP contribution >= 0.6 is 34.9 Å². The number of aryl methyl sites for hydroxylation is 1. The topological polar surface area (TPSA) is 78.0 Å². The number of para-hydroxylation sites is 1. The Balaban J connectivity index is 1.82. The normalized spacial score (nSPS) is 11.6. The van der Waals surface area contributed by atoms with Crippen LogP contribution in [0, 0.1) is 0 Å². The van der Waals surface area contributed by atoms with E-state index in [2.05, 4.69) is 26.7 Å². The van der Waals surface area contributed by atoms with Crippen molar-refractivity contribution in [1.82, 2.24) is 28.8 Å². The minimum absolute atomic E-state index is 0.0232. The van der Waals surface area contributed by atoms with E-state index in [9.17, 15) is 4.79 Å². The summed E-state index contributed by atoms with van der Waals surface area (Å²) in [7, 11) is 0. The van der Waals surface area contributed by atoms with Gasteiger partial charge in [0.1, 0.15) is 10.0 Å². The molecule has 4 rings (SSSR count). The fraction of sp³-hybridized carbons (Fsp3) is 0.353. The van der Waals surface area contributed by atoms with Crippen molar-refractivity contribution >= 4 is 51.6 Å². The summed E-state index contributed by atoms with van der Waals surface area (Å²) in [6.45, 7) is 2.77. The molecular weight excluding hydrogens is 404 g/mol. The summed E-state index contributed by atoms with van der Waals surface area (Å²) in [5.74, 6) is 1.11. The van der Waals surface area contributed by atoms with Crippen molar-refractivity contribution in [3.63, 3.8) is 0 Å². The predicted octanol–water partition coefficient (Wildman–Crippen LogP) is 4.03. The van der Waals surface area contributed by atoms with Gasteiger partial charge < -0.3 is 0 Å². The van der Waals surface area contributed by atoms with Crippen molar-refractivity contribution in [2.24, 2.45) is 0 Å². The van der Waals surface area contributed by atoms with Crippen LogP contribution in [0.3, 0.4) is 0 Å². The molecule has 0 aliphatic carbocycles. The summed E-state index contributed by atoms with van der Waals surface area (Å²) in [6, 6.07) is 7.57. The number of hydrogen-bond donors (Lipinski definition) is 0. The minimum Gasteiger partial charge on any atom is -0.276 e. The number of hydrogen-bond acceptors (Lipinski definition) is 7. The Labute approximate surface area is 168 Å². The summed E-state index contributed by atoms with van der Waals surface area (Å²) in [5.41, 5.74) is 1.51. The van der Waals surface area contributed by atoms with Crippen molar-refractivity contribution in [2.75, 3.05) is 0 Å². The number of nitrogens with zero attached hydrogens (tertiary/aromatic N) is 6. The molecule has 1 aromatic carbocycles. The number of fused-ring (bicyclic) bond motifs is 3.